The molecule has 3 heterocycles. The second kappa shape index (κ2) is 11.8. The quantitative estimate of drug-likeness (QED) is 0.129. The van der Waals surface area contributed by atoms with E-state index in [1.807, 2.05) is 6.20 Å². The number of hydrogen-bond donors (Lipinski definition) is 0. The minimum absolute atomic E-state index is 0.970. The summed E-state index contributed by atoms with van der Waals surface area (Å²) in [4.78, 5) is 4.91. The Labute approximate surface area is 297 Å². The summed E-state index contributed by atoms with van der Waals surface area (Å²) in [6.45, 7) is 0. The average Bonchev–Trinajstić information content (AvgIpc) is 3.73. The largest absolute Gasteiger partial charge is 0.309 e. The molecule has 0 radical (unpaired) electrons. The zero-order chi connectivity index (χ0) is 33.8. The lowest BCUT2D eigenvalue weighted by Crippen LogP contribution is -2.74. The first-order chi connectivity index (χ1) is 25.3. The summed E-state index contributed by atoms with van der Waals surface area (Å²) >= 11 is 0. The molecule has 0 aliphatic carbocycles. The van der Waals surface area contributed by atoms with Crippen molar-refractivity contribution in [1.82, 2.24) is 14.1 Å². The van der Waals surface area contributed by atoms with Crippen LogP contribution in [0.3, 0.4) is 0 Å². The lowest BCUT2D eigenvalue weighted by atomic mass is 10.2. The highest BCUT2D eigenvalue weighted by atomic mass is 28.3. The Bertz CT molecular complexity index is 2740. The third-order valence-corrected chi connectivity index (χ3v) is 15.3. The number of nitrogens with zero attached hydrogens (tertiary/aromatic N) is 3. The fourth-order valence-corrected chi connectivity index (χ4v) is 13.1. The van der Waals surface area contributed by atoms with Gasteiger partial charge >= 0.3 is 0 Å². The summed E-state index contributed by atoms with van der Waals surface area (Å²) < 4.78 is 4.70. The molecule has 0 saturated carbocycles. The predicted molar refractivity (Wildman–Crippen MR) is 217 cm³/mol. The van der Waals surface area contributed by atoms with Crippen LogP contribution in [0, 0.1) is 0 Å². The third kappa shape index (κ3) is 4.47. The van der Waals surface area contributed by atoms with Gasteiger partial charge in [-0.2, -0.15) is 0 Å². The molecule has 4 heteroatoms. The fraction of sp³-hybridized carbons (Fsp3) is 0. The van der Waals surface area contributed by atoms with Crippen LogP contribution in [0.5, 0.6) is 0 Å². The van der Waals surface area contributed by atoms with Crippen LogP contribution in [0.1, 0.15) is 0 Å². The molecule has 7 aromatic carbocycles. The highest BCUT2D eigenvalue weighted by Gasteiger charge is 2.41. The van der Waals surface area contributed by atoms with E-state index in [0.717, 1.165) is 27.9 Å². The SMILES string of the molecule is c1ccc(-n2c3ccc([Si](c4ccccc4)(c4ccccc4)c4ccc(-n5c6ccccc6c6ccccc65)cc4)cc3c3cccnc32)cc1. The highest BCUT2D eigenvalue weighted by molar-refractivity contribution is 7.20. The van der Waals surface area contributed by atoms with Gasteiger partial charge in [-0.1, -0.05) is 140 Å². The Kier molecular flexibility index (Phi) is 6.83. The standard InChI is InChI=1S/C47H33N3Si/c1-4-15-34(16-5-1)50-46-31-30-39(33-43(46)42-23-14-32-48-47(42)50)51(36-17-6-2-7-18-36,37-19-8-3-9-20-37)38-28-26-35(27-29-38)49-44-24-12-10-21-40(44)41-22-11-13-25-45(41)49/h1-33H. The lowest BCUT2D eigenvalue weighted by Gasteiger charge is -2.34. The van der Waals surface area contributed by atoms with Gasteiger partial charge in [-0.15, -0.1) is 0 Å². The number of rotatable bonds is 6. The summed E-state index contributed by atoms with van der Waals surface area (Å²) in [6, 6.07) is 71.2. The summed E-state index contributed by atoms with van der Waals surface area (Å²) in [5.74, 6) is 0. The van der Waals surface area contributed by atoms with Gasteiger partial charge in [-0.05, 0) is 75.3 Å². The molecule has 0 unspecified atom stereocenters. The van der Waals surface area contributed by atoms with Crippen molar-refractivity contribution in [3.8, 4) is 11.4 Å². The lowest BCUT2D eigenvalue weighted by molar-refractivity contribution is 1.14. The molecular weight excluding hydrogens is 635 g/mol. The van der Waals surface area contributed by atoms with Gasteiger partial charge in [0, 0.05) is 39.1 Å². The van der Waals surface area contributed by atoms with E-state index in [2.05, 4.69) is 203 Å². The maximum atomic E-state index is 4.91. The Morgan fingerprint density at radius 3 is 1.43 bits per heavy atom. The Hall–Kier alpha value is -6.49. The Balaban J connectivity index is 1.25. The number of hydrogen-bond acceptors (Lipinski definition) is 1. The van der Waals surface area contributed by atoms with Gasteiger partial charge in [0.15, 0.2) is 8.07 Å². The first-order valence-electron chi connectivity index (χ1n) is 17.5. The van der Waals surface area contributed by atoms with Crippen LogP contribution in [0.15, 0.2) is 200 Å². The minimum atomic E-state index is -2.83. The monoisotopic (exact) mass is 667 g/mol. The van der Waals surface area contributed by atoms with E-state index < -0.39 is 8.07 Å². The molecule has 0 bridgehead atoms. The normalized spacial score (nSPS) is 11.9. The summed E-state index contributed by atoms with van der Waals surface area (Å²) in [5, 5.41) is 10.3. The zero-order valence-corrected chi connectivity index (χ0v) is 28.9. The van der Waals surface area contributed by atoms with Crippen molar-refractivity contribution in [2.24, 2.45) is 0 Å². The molecule has 0 atom stereocenters. The first kappa shape index (κ1) is 29.4. The van der Waals surface area contributed by atoms with Gasteiger partial charge in [0.2, 0.25) is 0 Å². The number of aromatic nitrogens is 3. The summed E-state index contributed by atoms with van der Waals surface area (Å²) in [7, 11) is -2.83. The van der Waals surface area contributed by atoms with Gasteiger partial charge in [-0.3, -0.25) is 4.57 Å². The second-order valence-corrected chi connectivity index (χ2v) is 17.0. The third-order valence-electron chi connectivity index (χ3n) is 10.5. The smallest absolute Gasteiger partial charge is 0.179 e. The van der Waals surface area contributed by atoms with E-state index >= 15 is 0 Å². The number of benzene rings is 7. The molecule has 0 spiro atoms. The van der Waals surface area contributed by atoms with Gasteiger partial charge in [0.05, 0.1) is 16.6 Å². The molecule has 3 nitrogen and oxygen atoms in total. The Morgan fingerprint density at radius 2 is 0.804 bits per heavy atom. The van der Waals surface area contributed by atoms with Crippen LogP contribution in [-0.4, -0.2) is 22.2 Å². The van der Waals surface area contributed by atoms with Gasteiger partial charge < -0.3 is 4.57 Å². The molecule has 10 aromatic rings. The number of fused-ring (bicyclic) bond motifs is 6. The average molecular weight is 668 g/mol. The highest BCUT2D eigenvalue weighted by Crippen LogP contribution is 2.33. The van der Waals surface area contributed by atoms with Crippen LogP contribution >= 0.6 is 0 Å². The molecule has 0 aliphatic heterocycles. The minimum Gasteiger partial charge on any atom is -0.309 e. The van der Waals surface area contributed by atoms with Crippen molar-refractivity contribution in [2.45, 2.75) is 0 Å². The molecule has 0 amide bonds. The molecule has 240 valence electrons. The van der Waals surface area contributed by atoms with Crippen molar-refractivity contribution in [3.63, 3.8) is 0 Å². The predicted octanol–water partition coefficient (Wildman–Crippen LogP) is 8.65. The molecule has 10 rings (SSSR count). The summed E-state index contributed by atoms with van der Waals surface area (Å²) in [5.41, 5.74) is 6.83. The molecule has 51 heavy (non-hydrogen) atoms. The molecule has 3 aromatic heterocycles. The Morgan fingerprint density at radius 1 is 0.333 bits per heavy atom. The van der Waals surface area contributed by atoms with Crippen LogP contribution in [0.25, 0.3) is 55.1 Å². The topological polar surface area (TPSA) is 22.8 Å². The van der Waals surface area contributed by atoms with Crippen LogP contribution in [0.2, 0.25) is 0 Å². The van der Waals surface area contributed by atoms with Crippen molar-refractivity contribution < 1.29 is 0 Å². The van der Waals surface area contributed by atoms with Gasteiger partial charge in [0.25, 0.3) is 0 Å². The van der Waals surface area contributed by atoms with Crippen LogP contribution in [0.4, 0.5) is 0 Å². The van der Waals surface area contributed by atoms with E-state index in [4.69, 9.17) is 4.98 Å². The number of para-hydroxylation sites is 3. The molecule has 0 N–H and O–H groups in total. The maximum absolute atomic E-state index is 4.91. The second-order valence-electron chi connectivity index (χ2n) is 13.2. The van der Waals surface area contributed by atoms with Gasteiger partial charge in [-0.25, -0.2) is 4.98 Å². The zero-order valence-electron chi connectivity index (χ0n) is 27.9. The van der Waals surface area contributed by atoms with Crippen LogP contribution in [-0.2, 0) is 0 Å². The molecule has 0 saturated heterocycles. The van der Waals surface area contributed by atoms with Crippen molar-refractivity contribution in [2.75, 3.05) is 0 Å². The van der Waals surface area contributed by atoms with Gasteiger partial charge in [0.1, 0.15) is 5.65 Å². The van der Waals surface area contributed by atoms with Crippen molar-refractivity contribution >= 4 is 72.6 Å². The molecule has 0 aliphatic rings. The van der Waals surface area contributed by atoms with E-state index in [-0.39, 0.29) is 0 Å². The number of pyridine rings is 1. The maximum Gasteiger partial charge on any atom is 0.179 e. The van der Waals surface area contributed by atoms with E-state index in [1.165, 1.54) is 47.9 Å². The van der Waals surface area contributed by atoms with Crippen molar-refractivity contribution in [3.05, 3.63) is 200 Å². The van der Waals surface area contributed by atoms with Crippen LogP contribution < -0.4 is 20.7 Å². The van der Waals surface area contributed by atoms with E-state index in [1.54, 1.807) is 0 Å². The van der Waals surface area contributed by atoms with Crippen molar-refractivity contribution in [1.29, 1.82) is 0 Å². The van der Waals surface area contributed by atoms with E-state index in [0.29, 0.717) is 0 Å². The van der Waals surface area contributed by atoms with E-state index in [9.17, 15) is 0 Å². The summed E-state index contributed by atoms with van der Waals surface area (Å²) in [6.07, 6.45) is 1.90. The fourth-order valence-electron chi connectivity index (χ4n) is 8.36. The first-order valence-corrected chi connectivity index (χ1v) is 19.5. The molecule has 0 fully saturated rings. The molecular formula is C47H33N3Si.